The second kappa shape index (κ2) is 4.26. The molecule has 1 N–H and O–H groups in total. The van der Waals surface area contributed by atoms with Gasteiger partial charge in [0.15, 0.2) is 0 Å². The number of carbonyl (C=O) groups excluding carboxylic acids is 1. The molecule has 3 rings (SSSR count). The maximum atomic E-state index is 12.8. The molecule has 0 fully saturated rings. The minimum Gasteiger partial charge on any atom is -0.325 e. The lowest BCUT2D eigenvalue weighted by molar-refractivity contribution is -0.117. The van der Waals surface area contributed by atoms with E-state index in [1.165, 1.54) is 12.1 Å². The van der Waals surface area contributed by atoms with E-state index in [0.717, 1.165) is 16.8 Å². The van der Waals surface area contributed by atoms with Crippen molar-refractivity contribution in [2.75, 3.05) is 5.32 Å². The highest BCUT2D eigenvalue weighted by atomic mass is 19.1. The zero-order valence-corrected chi connectivity index (χ0v) is 9.69. The number of hydrogen-bond donors (Lipinski definition) is 1. The number of anilines is 1. The lowest BCUT2D eigenvalue weighted by Crippen LogP contribution is -2.14. The number of amides is 1. The van der Waals surface area contributed by atoms with Crippen LogP contribution in [0.2, 0.25) is 0 Å². The van der Waals surface area contributed by atoms with Crippen LogP contribution in [-0.4, -0.2) is 5.91 Å². The number of fused-ring (bicyclic) bond motifs is 1. The molecule has 0 bridgehead atoms. The summed E-state index contributed by atoms with van der Waals surface area (Å²) in [5.41, 5.74) is 2.87. The minimum atomic E-state index is -0.255. The molecule has 2 nitrogen and oxygen atoms in total. The van der Waals surface area contributed by atoms with Crippen LogP contribution in [0.15, 0.2) is 48.5 Å². The van der Waals surface area contributed by atoms with Crippen LogP contribution in [0.3, 0.4) is 0 Å². The first-order valence-electron chi connectivity index (χ1n) is 5.88. The summed E-state index contributed by atoms with van der Waals surface area (Å²) < 4.78 is 12.8. The molecule has 90 valence electrons. The first-order chi connectivity index (χ1) is 8.74. The average molecular weight is 241 g/mol. The molecule has 3 heteroatoms. The van der Waals surface area contributed by atoms with Gasteiger partial charge < -0.3 is 5.32 Å². The van der Waals surface area contributed by atoms with Crippen molar-refractivity contribution in [1.29, 1.82) is 0 Å². The summed E-state index contributed by atoms with van der Waals surface area (Å²) in [6, 6.07) is 14.0. The topological polar surface area (TPSA) is 29.1 Å². The van der Waals surface area contributed by atoms with Gasteiger partial charge in [-0.2, -0.15) is 0 Å². The molecule has 0 saturated carbocycles. The third kappa shape index (κ3) is 1.88. The Balaban J connectivity index is 1.89. The smallest absolute Gasteiger partial charge is 0.232 e. The lowest BCUT2D eigenvalue weighted by Gasteiger charge is -2.08. The Kier molecular flexibility index (Phi) is 2.59. The zero-order chi connectivity index (χ0) is 12.5. The highest BCUT2D eigenvalue weighted by Crippen LogP contribution is 2.34. The molecule has 18 heavy (non-hydrogen) atoms. The molecule has 1 atom stereocenters. The van der Waals surface area contributed by atoms with Crippen molar-refractivity contribution >= 4 is 11.6 Å². The van der Waals surface area contributed by atoms with E-state index in [2.05, 4.69) is 5.32 Å². The fourth-order valence-corrected chi connectivity index (χ4v) is 2.33. The molecule has 1 aliphatic heterocycles. The third-order valence-corrected chi connectivity index (χ3v) is 3.26. The van der Waals surface area contributed by atoms with Crippen LogP contribution in [0.4, 0.5) is 10.1 Å². The average Bonchev–Trinajstić information content (AvgIpc) is 2.69. The van der Waals surface area contributed by atoms with E-state index >= 15 is 0 Å². The summed E-state index contributed by atoms with van der Waals surface area (Å²) >= 11 is 0. The van der Waals surface area contributed by atoms with Crippen molar-refractivity contribution in [3.05, 3.63) is 65.5 Å². The zero-order valence-electron chi connectivity index (χ0n) is 9.69. The van der Waals surface area contributed by atoms with E-state index in [0.29, 0.717) is 6.42 Å². The summed E-state index contributed by atoms with van der Waals surface area (Å²) in [7, 11) is 0. The summed E-state index contributed by atoms with van der Waals surface area (Å²) in [4.78, 5) is 11.9. The molecule has 0 radical (unpaired) electrons. The van der Waals surface area contributed by atoms with Crippen LogP contribution in [0.5, 0.6) is 0 Å². The number of para-hydroxylation sites is 1. The van der Waals surface area contributed by atoms with Gasteiger partial charge in [0.2, 0.25) is 5.91 Å². The van der Waals surface area contributed by atoms with E-state index in [9.17, 15) is 9.18 Å². The quantitative estimate of drug-likeness (QED) is 0.860. The Hall–Kier alpha value is -2.16. The molecule has 2 aromatic rings. The molecule has 0 saturated heterocycles. The predicted molar refractivity (Wildman–Crippen MR) is 67.9 cm³/mol. The first-order valence-corrected chi connectivity index (χ1v) is 5.88. The largest absolute Gasteiger partial charge is 0.325 e. The lowest BCUT2D eigenvalue weighted by atomic mass is 9.93. The highest BCUT2D eigenvalue weighted by molar-refractivity contribution is 6.02. The molecular weight excluding hydrogens is 229 g/mol. The van der Waals surface area contributed by atoms with Crippen molar-refractivity contribution < 1.29 is 9.18 Å². The molecule has 0 unspecified atom stereocenters. The molecule has 1 aliphatic rings. The fourth-order valence-electron chi connectivity index (χ4n) is 2.33. The Labute approximate surface area is 104 Å². The summed E-state index contributed by atoms with van der Waals surface area (Å²) in [6.45, 7) is 0. The van der Waals surface area contributed by atoms with Crippen molar-refractivity contribution in [2.45, 2.75) is 12.3 Å². The molecular formula is C15H12FNO. The standard InChI is InChI=1S/C15H12FNO/c16-11-7-5-10(6-8-11)9-13-12-3-1-2-4-14(12)17-15(13)18/h1-8,13H,9H2,(H,17,18)/t13-/m1/s1. The summed E-state index contributed by atoms with van der Waals surface area (Å²) in [5.74, 6) is -0.415. The Morgan fingerprint density at radius 1 is 1.06 bits per heavy atom. The number of hydrogen-bond acceptors (Lipinski definition) is 1. The van der Waals surface area contributed by atoms with Crippen molar-refractivity contribution in [3.8, 4) is 0 Å². The molecule has 2 aromatic carbocycles. The van der Waals surface area contributed by atoms with Crippen LogP contribution in [0.1, 0.15) is 17.0 Å². The maximum absolute atomic E-state index is 12.8. The van der Waals surface area contributed by atoms with E-state index in [4.69, 9.17) is 0 Å². The van der Waals surface area contributed by atoms with E-state index in [1.807, 2.05) is 24.3 Å². The normalized spacial score (nSPS) is 17.4. The van der Waals surface area contributed by atoms with E-state index in [1.54, 1.807) is 12.1 Å². The van der Waals surface area contributed by atoms with Gasteiger partial charge in [-0.15, -0.1) is 0 Å². The van der Waals surface area contributed by atoms with E-state index < -0.39 is 0 Å². The Bertz CT molecular complexity index is 592. The van der Waals surface area contributed by atoms with Gasteiger partial charge in [0, 0.05) is 5.69 Å². The monoisotopic (exact) mass is 241 g/mol. The van der Waals surface area contributed by atoms with Crippen molar-refractivity contribution in [1.82, 2.24) is 0 Å². The number of carbonyl (C=O) groups is 1. The van der Waals surface area contributed by atoms with Gasteiger partial charge >= 0.3 is 0 Å². The second-order valence-corrected chi connectivity index (χ2v) is 4.46. The van der Waals surface area contributed by atoms with Gasteiger partial charge in [-0.3, -0.25) is 4.79 Å². The van der Waals surface area contributed by atoms with Crippen LogP contribution < -0.4 is 5.32 Å². The van der Waals surface area contributed by atoms with Crippen molar-refractivity contribution in [2.24, 2.45) is 0 Å². The van der Waals surface area contributed by atoms with Crippen LogP contribution >= 0.6 is 0 Å². The summed E-state index contributed by atoms with van der Waals surface area (Å²) in [6.07, 6.45) is 0.600. The van der Waals surface area contributed by atoms with Gasteiger partial charge in [-0.25, -0.2) is 4.39 Å². The molecule has 0 aliphatic carbocycles. The van der Waals surface area contributed by atoms with Crippen LogP contribution in [0.25, 0.3) is 0 Å². The number of rotatable bonds is 2. The van der Waals surface area contributed by atoms with Gasteiger partial charge in [0.25, 0.3) is 0 Å². The molecule has 1 heterocycles. The van der Waals surface area contributed by atoms with Gasteiger partial charge in [0.05, 0.1) is 5.92 Å². The Morgan fingerprint density at radius 2 is 1.78 bits per heavy atom. The number of nitrogens with one attached hydrogen (secondary N) is 1. The summed E-state index contributed by atoms with van der Waals surface area (Å²) in [5, 5.41) is 2.87. The first kappa shape index (κ1) is 11.0. The number of halogens is 1. The maximum Gasteiger partial charge on any atom is 0.232 e. The number of benzene rings is 2. The van der Waals surface area contributed by atoms with Gasteiger partial charge in [-0.05, 0) is 35.7 Å². The van der Waals surface area contributed by atoms with E-state index in [-0.39, 0.29) is 17.6 Å². The van der Waals surface area contributed by atoms with Gasteiger partial charge in [0.1, 0.15) is 5.82 Å². The predicted octanol–water partition coefficient (Wildman–Crippen LogP) is 3.10. The van der Waals surface area contributed by atoms with Crippen LogP contribution in [0, 0.1) is 5.82 Å². The fraction of sp³-hybridized carbons (Fsp3) is 0.133. The minimum absolute atomic E-state index is 0.0144. The van der Waals surface area contributed by atoms with Crippen LogP contribution in [-0.2, 0) is 11.2 Å². The van der Waals surface area contributed by atoms with Gasteiger partial charge in [-0.1, -0.05) is 30.3 Å². The SMILES string of the molecule is O=C1Nc2ccccc2[C@H]1Cc1ccc(F)cc1. The van der Waals surface area contributed by atoms with Crippen molar-refractivity contribution in [3.63, 3.8) is 0 Å². The Morgan fingerprint density at radius 3 is 2.56 bits per heavy atom. The third-order valence-electron chi connectivity index (χ3n) is 3.26. The second-order valence-electron chi connectivity index (χ2n) is 4.46. The molecule has 0 aromatic heterocycles. The highest BCUT2D eigenvalue weighted by Gasteiger charge is 2.29. The molecule has 0 spiro atoms. The molecule has 1 amide bonds.